The third-order valence-electron chi connectivity index (χ3n) is 3.91. The summed E-state index contributed by atoms with van der Waals surface area (Å²) in [7, 11) is 0. The molecule has 1 heterocycles. The Balaban J connectivity index is 1.91. The van der Waals surface area contributed by atoms with Gasteiger partial charge < -0.3 is 0 Å². The van der Waals surface area contributed by atoms with E-state index in [1.807, 2.05) is 4.90 Å². The number of carbonyl (C=O) groups is 1. The van der Waals surface area contributed by atoms with Crippen molar-refractivity contribution < 1.29 is 18.0 Å². The van der Waals surface area contributed by atoms with Crippen LogP contribution >= 0.6 is 0 Å². The number of halogens is 3. The van der Waals surface area contributed by atoms with Crippen LogP contribution in [0.25, 0.3) is 0 Å². The first-order chi connectivity index (χ1) is 7.97. The number of Topliss-reactive ketones (excluding diaryl/α,β-unsaturated/α-hetero) is 1. The summed E-state index contributed by atoms with van der Waals surface area (Å²) in [6, 6.07) is 0.0762. The van der Waals surface area contributed by atoms with Gasteiger partial charge in [0.05, 0.1) is 6.42 Å². The zero-order valence-corrected chi connectivity index (χ0v) is 9.80. The third-order valence-corrected chi connectivity index (χ3v) is 3.91. The van der Waals surface area contributed by atoms with Crippen LogP contribution in [0.2, 0.25) is 0 Å². The molecule has 1 aliphatic carbocycles. The normalized spacial score (nSPS) is 31.4. The Morgan fingerprint density at radius 2 is 2.00 bits per heavy atom. The van der Waals surface area contributed by atoms with Crippen LogP contribution in [0.15, 0.2) is 0 Å². The van der Waals surface area contributed by atoms with Gasteiger partial charge in [-0.2, -0.15) is 13.2 Å². The third kappa shape index (κ3) is 3.21. The van der Waals surface area contributed by atoms with Gasteiger partial charge in [0, 0.05) is 24.9 Å². The number of hydrogen-bond donors (Lipinski definition) is 0. The largest absolute Gasteiger partial charge is 0.390 e. The molecule has 0 spiro atoms. The zero-order valence-electron chi connectivity index (χ0n) is 9.80. The molecular formula is C12H18F3NO. The molecule has 2 atom stereocenters. The van der Waals surface area contributed by atoms with Crippen LogP contribution in [0.1, 0.15) is 38.5 Å². The van der Waals surface area contributed by atoms with E-state index in [0.717, 1.165) is 25.7 Å². The van der Waals surface area contributed by atoms with E-state index >= 15 is 0 Å². The van der Waals surface area contributed by atoms with Crippen molar-refractivity contribution in [1.29, 1.82) is 0 Å². The van der Waals surface area contributed by atoms with E-state index in [1.165, 1.54) is 0 Å². The Morgan fingerprint density at radius 3 is 2.59 bits per heavy atom. The molecule has 1 saturated carbocycles. The fourth-order valence-corrected chi connectivity index (χ4v) is 3.11. The van der Waals surface area contributed by atoms with Gasteiger partial charge in [-0.1, -0.05) is 0 Å². The van der Waals surface area contributed by atoms with E-state index in [-0.39, 0.29) is 24.3 Å². The van der Waals surface area contributed by atoms with Crippen molar-refractivity contribution in [2.45, 2.75) is 50.7 Å². The highest BCUT2D eigenvalue weighted by molar-refractivity contribution is 5.83. The number of ketones is 1. The monoisotopic (exact) mass is 249 g/mol. The Kier molecular flexibility index (Phi) is 3.76. The summed E-state index contributed by atoms with van der Waals surface area (Å²) in [6.45, 7) is 0.766. The first-order valence-corrected chi connectivity index (χ1v) is 6.31. The molecule has 0 amide bonds. The van der Waals surface area contributed by atoms with Crippen LogP contribution in [0.5, 0.6) is 0 Å². The van der Waals surface area contributed by atoms with Crippen LogP contribution < -0.4 is 0 Å². The Hall–Kier alpha value is -0.580. The fourth-order valence-electron chi connectivity index (χ4n) is 3.11. The average molecular weight is 249 g/mol. The van der Waals surface area contributed by atoms with Gasteiger partial charge in [-0.05, 0) is 32.2 Å². The van der Waals surface area contributed by atoms with Crippen molar-refractivity contribution in [3.63, 3.8) is 0 Å². The summed E-state index contributed by atoms with van der Waals surface area (Å²) >= 11 is 0. The van der Waals surface area contributed by atoms with E-state index in [2.05, 4.69) is 0 Å². The van der Waals surface area contributed by atoms with Gasteiger partial charge in [0.1, 0.15) is 5.78 Å². The number of rotatable bonds is 3. The lowest BCUT2D eigenvalue weighted by Crippen LogP contribution is -2.39. The Morgan fingerprint density at radius 1 is 1.24 bits per heavy atom. The van der Waals surface area contributed by atoms with Crippen LogP contribution in [-0.2, 0) is 4.79 Å². The Labute approximate surface area is 99.2 Å². The minimum atomic E-state index is -4.09. The lowest BCUT2D eigenvalue weighted by Gasteiger charge is -2.28. The molecule has 2 nitrogen and oxygen atoms in total. The number of likely N-dealkylation sites (tertiary alicyclic amines) is 1. The lowest BCUT2D eigenvalue weighted by molar-refractivity contribution is -0.139. The maximum Gasteiger partial charge on any atom is 0.390 e. The SMILES string of the molecule is O=C1CCCC1C1CCCN1CCC(F)(F)F. The first-order valence-electron chi connectivity index (χ1n) is 6.31. The van der Waals surface area contributed by atoms with Crippen LogP contribution in [0, 0.1) is 5.92 Å². The fraction of sp³-hybridized carbons (Fsp3) is 0.917. The van der Waals surface area contributed by atoms with Gasteiger partial charge in [-0.15, -0.1) is 0 Å². The molecule has 98 valence electrons. The van der Waals surface area contributed by atoms with Gasteiger partial charge >= 0.3 is 6.18 Å². The second-order valence-electron chi connectivity index (χ2n) is 5.08. The van der Waals surface area contributed by atoms with E-state index < -0.39 is 12.6 Å². The predicted octanol–water partition coefficient (Wildman–Crippen LogP) is 2.77. The molecule has 0 N–H and O–H groups in total. The van der Waals surface area contributed by atoms with E-state index in [9.17, 15) is 18.0 Å². The summed E-state index contributed by atoms with van der Waals surface area (Å²) in [4.78, 5) is 13.5. The van der Waals surface area contributed by atoms with Crippen molar-refractivity contribution >= 4 is 5.78 Å². The summed E-state index contributed by atoms with van der Waals surface area (Å²) < 4.78 is 36.6. The van der Waals surface area contributed by atoms with Gasteiger partial charge in [-0.3, -0.25) is 9.69 Å². The van der Waals surface area contributed by atoms with Crippen molar-refractivity contribution in [1.82, 2.24) is 4.90 Å². The van der Waals surface area contributed by atoms with Crippen LogP contribution in [0.4, 0.5) is 13.2 Å². The number of hydrogen-bond acceptors (Lipinski definition) is 2. The molecular weight excluding hydrogens is 231 g/mol. The van der Waals surface area contributed by atoms with Gasteiger partial charge in [-0.25, -0.2) is 0 Å². The molecule has 0 aromatic carbocycles. The topological polar surface area (TPSA) is 20.3 Å². The van der Waals surface area contributed by atoms with E-state index in [4.69, 9.17) is 0 Å². The first kappa shape index (κ1) is 12.9. The van der Waals surface area contributed by atoms with Crippen LogP contribution in [0.3, 0.4) is 0 Å². The van der Waals surface area contributed by atoms with Crippen LogP contribution in [-0.4, -0.2) is 36.0 Å². The molecule has 5 heteroatoms. The van der Waals surface area contributed by atoms with Gasteiger partial charge in [0.15, 0.2) is 0 Å². The quantitative estimate of drug-likeness (QED) is 0.766. The number of nitrogens with zero attached hydrogens (tertiary/aromatic N) is 1. The molecule has 0 aromatic heterocycles. The van der Waals surface area contributed by atoms with E-state index in [1.54, 1.807) is 0 Å². The molecule has 0 bridgehead atoms. The smallest absolute Gasteiger partial charge is 0.299 e. The summed E-state index contributed by atoms with van der Waals surface area (Å²) in [5.41, 5.74) is 0. The summed E-state index contributed by atoms with van der Waals surface area (Å²) in [5.74, 6) is 0.264. The minimum Gasteiger partial charge on any atom is -0.299 e. The second kappa shape index (κ2) is 4.96. The molecule has 0 radical (unpaired) electrons. The summed E-state index contributed by atoms with van der Waals surface area (Å²) in [5, 5.41) is 0. The predicted molar refractivity (Wildman–Crippen MR) is 57.6 cm³/mol. The standard InChI is InChI=1S/C12H18F3NO/c13-12(14,15)6-8-16-7-2-4-10(16)9-3-1-5-11(9)17/h9-10H,1-8H2. The van der Waals surface area contributed by atoms with Gasteiger partial charge in [0.2, 0.25) is 0 Å². The molecule has 2 rings (SSSR count). The average Bonchev–Trinajstić information content (AvgIpc) is 2.81. The van der Waals surface area contributed by atoms with Crippen molar-refractivity contribution in [3.05, 3.63) is 0 Å². The van der Waals surface area contributed by atoms with E-state index in [0.29, 0.717) is 13.0 Å². The number of alkyl halides is 3. The summed E-state index contributed by atoms with van der Waals surface area (Å²) in [6.07, 6.45) is -0.648. The highest BCUT2D eigenvalue weighted by Crippen LogP contribution is 2.34. The highest BCUT2D eigenvalue weighted by Gasteiger charge is 2.39. The molecule has 1 aliphatic heterocycles. The maximum absolute atomic E-state index is 12.2. The molecule has 1 saturated heterocycles. The van der Waals surface area contributed by atoms with Gasteiger partial charge in [0.25, 0.3) is 0 Å². The zero-order chi connectivity index (χ0) is 12.5. The van der Waals surface area contributed by atoms with Crippen molar-refractivity contribution in [3.8, 4) is 0 Å². The minimum absolute atomic E-state index is 0.00531. The van der Waals surface area contributed by atoms with Crippen molar-refractivity contribution in [2.75, 3.05) is 13.1 Å². The second-order valence-corrected chi connectivity index (χ2v) is 5.08. The highest BCUT2D eigenvalue weighted by atomic mass is 19.4. The molecule has 2 unspecified atom stereocenters. The molecule has 17 heavy (non-hydrogen) atoms. The number of carbonyl (C=O) groups excluding carboxylic acids is 1. The molecule has 0 aromatic rings. The van der Waals surface area contributed by atoms with Crippen molar-refractivity contribution in [2.24, 2.45) is 5.92 Å². The maximum atomic E-state index is 12.2. The lowest BCUT2D eigenvalue weighted by atomic mass is 9.95. The Bertz CT molecular complexity index is 290. The molecule has 2 aliphatic rings. The molecule has 2 fully saturated rings.